The van der Waals surface area contributed by atoms with Gasteiger partial charge in [0.1, 0.15) is 12.6 Å². The van der Waals surface area contributed by atoms with Crippen LogP contribution < -0.4 is 19.1 Å². The van der Waals surface area contributed by atoms with Crippen molar-refractivity contribution in [2.24, 2.45) is 0 Å². The van der Waals surface area contributed by atoms with Gasteiger partial charge in [-0.3, -0.25) is 13.9 Å². The van der Waals surface area contributed by atoms with E-state index in [2.05, 4.69) is 5.32 Å². The van der Waals surface area contributed by atoms with Crippen molar-refractivity contribution in [1.29, 1.82) is 0 Å². The van der Waals surface area contributed by atoms with Gasteiger partial charge in [0.2, 0.25) is 21.8 Å². The molecule has 1 N–H and O–H groups in total. The van der Waals surface area contributed by atoms with Gasteiger partial charge in [-0.05, 0) is 48.7 Å². The number of carbonyl (C=O) groups is 2. The molecule has 0 aliphatic heterocycles. The van der Waals surface area contributed by atoms with Gasteiger partial charge in [-0.15, -0.1) is 0 Å². The number of ether oxygens (including phenoxy) is 2. The quantitative estimate of drug-likeness (QED) is 0.253. The van der Waals surface area contributed by atoms with Gasteiger partial charge in [0.25, 0.3) is 0 Å². The number of nitrogens with one attached hydrogen (secondary N) is 1. The molecule has 3 aromatic carbocycles. The molecule has 0 aromatic heterocycles. The highest BCUT2D eigenvalue weighted by Gasteiger charge is 2.34. The number of anilines is 1. The first-order valence-corrected chi connectivity index (χ1v) is 16.3. The van der Waals surface area contributed by atoms with E-state index in [0.717, 1.165) is 16.1 Å². The molecule has 3 aromatic rings. The summed E-state index contributed by atoms with van der Waals surface area (Å²) in [5.74, 6) is -0.282. The minimum absolute atomic E-state index is 0.0657. The van der Waals surface area contributed by atoms with Crippen molar-refractivity contribution < 1.29 is 27.5 Å². The summed E-state index contributed by atoms with van der Waals surface area (Å²) in [7, 11) is -1.07. The zero-order valence-electron chi connectivity index (χ0n) is 24.8. The van der Waals surface area contributed by atoms with Crippen molar-refractivity contribution in [3.05, 3.63) is 87.9 Å². The number of sulfonamides is 1. The van der Waals surface area contributed by atoms with Gasteiger partial charge in [0.15, 0.2) is 11.5 Å². The summed E-state index contributed by atoms with van der Waals surface area (Å²) in [6.45, 7) is 3.17. The highest BCUT2D eigenvalue weighted by atomic mass is 35.5. The molecule has 0 unspecified atom stereocenters. The molecule has 0 saturated heterocycles. The number of hydrogen-bond donors (Lipinski definition) is 1. The lowest BCUT2D eigenvalue weighted by atomic mass is 10.0. The van der Waals surface area contributed by atoms with Crippen LogP contribution in [0.25, 0.3) is 0 Å². The molecule has 2 atom stereocenters. The van der Waals surface area contributed by atoms with Crippen LogP contribution in [0.1, 0.15) is 31.4 Å². The van der Waals surface area contributed by atoms with E-state index in [1.807, 2.05) is 44.2 Å². The van der Waals surface area contributed by atoms with Crippen molar-refractivity contribution >= 4 is 50.7 Å². The minimum atomic E-state index is -3.96. The first-order valence-electron chi connectivity index (χ1n) is 13.6. The maximum atomic E-state index is 14.2. The number of hydrogen-bond acceptors (Lipinski definition) is 6. The SMILES string of the molecule is CC[C@@H](C)NC(=O)[C@H](Cc1ccccc1)N(Cc1ccc(Cl)cc1Cl)C(=O)CN(c1ccc(OC)c(OC)c1)S(C)(=O)=O. The van der Waals surface area contributed by atoms with Gasteiger partial charge < -0.3 is 19.7 Å². The summed E-state index contributed by atoms with van der Waals surface area (Å²) in [5, 5.41) is 3.72. The molecule has 0 aliphatic rings. The lowest BCUT2D eigenvalue weighted by Gasteiger charge is -2.34. The summed E-state index contributed by atoms with van der Waals surface area (Å²) in [4.78, 5) is 29.4. The monoisotopic (exact) mass is 649 g/mol. The molecular weight excluding hydrogens is 613 g/mol. The van der Waals surface area contributed by atoms with E-state index in [1.54, 1.807) is 24.3 Å². The van der Waals surface area contributed by atoms with E-state index in [-0.39, 0.29) is 30.6 Å². The second-order valence-corrected chi connectivity index (χ2v) is 12.8. The molecule has 0 bridgehead atoms. The fraction of sp³-hybridized carbons (Fsp3) is 0.355. The Morgan fingerprint density at radius 3 is 2.21 bits per heavy atom. The first-order chi connectivity index (χ1) is 20.4. The molecule has 9 nitrogen and oxygen atoms in total. The summed E-state index contributed by atoms with van der Waals surface area (Å²) >= 11 is 12.6. The predicted molar refractivity (Wildman–Crippen MR) is 171 cm³/mol. The van der Waals surface area contributed by atoms with Crippen LogP contribution in [0.3, 0.4) is 0 Å². The van der Waals surface area contributed by atoms with Crippen molar-refractivity contribution in [2.75, 3.05) is 31.3 Å². The van der Waals surface area contributed by atoms with Gasteiger partial charge in [-0.25, -0.2) is 8.42 Å². The molecule has 43 heavy (non-hydrogen) atoms. The van der Waals surface area contributed by atoms with Crippen LogP contribution in [0.5, 0.6) is 11.5 Å². The summed E-state index contributed by atoms with van der Waals surface area (Å²) in [6.07, 6.45) is 1.88. The standard InChI is InChI=1S/C31H37Cl2N3O6S/c1-6-21(2)34-31(38)27(16-22-10-8-7-9-11-22)35(19-23-12-13-24(32)17-26(23)33)30(37)20-36(43(5,39)40)25-14-15-28(41-3)29(18-25)42-4/h7-15,17-18,21,27H,6,16,19-20H2,1-5H3,(H,34,38)/t21-,27+/m1/s1. The number of benzene rings is 3. The van der Waals surface area contributed by atoms with Gasteiger partial charge in [-0.1, -0.05) is 66.5 Å². The fourth-order valence-electron chi connectivity index (χ4n) is 4.42. The Morgan fingerprint density at radius 1 is 0.953 bits per heavy atom. The number of carbonyl (C=O) groups excluding carboxylic acids is 2. The summed E-state index contributed by atoms with van der Waals surface area (Å²) in [5.41, 5.74) is 1.57. The molecule has 0 spiro atoms. The number of methoxy groups -OCH3 is 2. The first kappa shape index (κ1) is 34.0. The van der Waals surface area contributed by atoms with Crippen molar-refractivity contribution in [3.8, 4) is 11.5 Å². The smallest absolute Gasteiger partial charge is 0.244 e. The number of nitrogens with zero attached hydrogens (tertiary/aromatic N) is 2. The Morgan fingerprint density at radius 2 is 1.63 bits per heavy atom. The largest absolute Gasteiger partial charge is 0.493 e. The van der Waals surface area contributed by atoms with Crippen molar-refractivity contribution in [1.82, 2.24) is 10.2 Å². The molecule has 12 heteroatoms. The van der Waals surface area contributed by atoms with E-state index < -0.39 is 28.5 Å². The molecule has 0 fully saturated rings. The molecular formula is C31H37Cl2N3O6S. The van der Waals surface area contributed by atoms with Crippen LogP contribution in [-0.4, -0.2) is 64.2 Å². The molecule has 2 amide bonds. The molecule has 0 saturated carbocycles. The zero-order chi connectivity index (χ0) is 31.7. The molecule has 232 valence electrons. The normalized spacial score (nSPS) is 12.6. The van der Waals surface area contributed by atoms with E-state index in [9.17, 15) is 18.0 Å². The Balaban J connectivity index is 2.11. The third-order valence-corrected chi connectivity index (χ3v) is 8.69. The highest BCUT2D eigenvalue weighted by molar-refractivity contribution is 7.92. The lowest BCUT2D eigenvalue weighted by molar-refractivity contribution is -0.140. The van der Waals surface area contributed by atoms with Crippen LogP contribution in [-0.2, 0) is 32.6 Å². The van der Waals surface area contributed by atoms with Crippen LogP contribution in [0.15, 0.2) is 66.7 Å². The Kier molecular flexibility index (Phi) is 12.1. The van der Waals surface area contributed by atoms with Crippen molar-refractivity contribution in [3.63, 3.8) is 0 Å². The third kappa shape index (κ3) is 9.26. The van der Waals surface area contributed by atoms with Gasteiger partial charge in [0, 0.05) is 35.1 Å². The average Bonchev–Trinajstić information content (AvgIpc) is 2.97. The predicted octanol–water partition coefficient (Wildman–Crippen LogP) is 5.33. The third-order valence-electron chi connectivity index (χ3n) is 6.96. The minimum Gasteiger partial charge on any atom is -0.493 e. The Labute approximate surface area is 263 Å². The molecule has 0 heterocycles. The zero-order valence-corrected chi connectivity index (χ0v) is 27.2. The maximum Gasteiger partial charge on any atom is 0.244 e. The van der Waals surface area contributed by atoms with Gasteiger partial charge >= 0.3 is 0 Å². The lowest BCUT2D eigenvalue weighted by Crippen LogP contribution is -2.54. The average molecular weight is 651 g/mol. The number of amides is 2. The second kappa shape index (κ2) is 15.3. The topological polar surface area (TPSA) is 105 Å². The fourth-order valence-corrected chi connectivity index (χ4v) is 5.73. The van der Waals surface area contributed by atoms with Crippen LogP contribution in [0.4, 0.5) is 5.69 Å². The highest BCUT2D eigenvalue weighted by Crippen LogP contribution is 2.33. The van der Waals surface area contributed by atoms with E-state index in [0.29, 0.717) is 33.5 Å². The molecule has 0 aliphatic carbocycles. The van der Waals surface area contributed by atoms with Gasteiger partial charge in [0.05, 0.1) is 26.2 Å². The number of halogens is 2. The van der Waals surface area contributed by atoms with Crippen LogP contribution in [0, 0.1) is 0 Å². The molecule has 3 rings (SSSR count). The molecule has 0 radical (unpaired) electrons. The summed E-state index contributed by atoms with van der Waals surface area (Å²) < 4.78 is 37.7. The Bertz CT molecular complexity index is 1520. The van der Waals surface area contributed by atoms with Crippen LogP contribution >= 0.6 is 23.2 Å². The van der Waals surface area contributed by atoms with Crippen molar-refractivity contribution in [2.45, 2.75) is 45.3 Å². The maximum absolute atomic E-state index is 14.2. The van der Waals surface area contributed by atoms with Crippen LogP contribution in [0.2, 0.25) is 10.0 Å². The second-order valence-electron chi connectivity index (χ2n) is 10.1. The van der Waals surface area contributed by atoms with Gasteiger partial charge in [-0.2, -0.15) is 0 Å². The summed E-state index contributed by atoms with van der Waals surface area (Å²) in [6, 6.07) is 17.6. The number of rotatable bonds is 14. The Hall–Kier alpha value is -3.47. The van der Waals surface area contributed by atoms with E-state index in [1.165, 1.54) is 31.3 Å². The van der Waals surface area contributed by atoms with E-state index in [4.69, 9.17) is 32.7 Å². The van der Waals surface area contributed by atoms with E-state index >= 15 is 0 Å².